The number of carboxylic acids is 1. The Labute approximate surface area is 128 Å². The first-order valence-corrected chi connectivity index (χ1v) is 7.65. The van der Waals surface area contributed by atoms with E-state index in [0.29, 0.717) is 5.69 Å². The van der Waals surface area contributed by atoms with Crippen LogP contribution in [0, 0.1) is 0 Å². The number of aromatic carboxylic acids is 1. The average Bonchev–Trinajstić information content (AvgIpc) is 3.16. The van der Waals surface area contributed by atoms with Crippen molar-refractivity contribution in [3.8, 4) is 9.88 Å². The maximum atomic E-state index is 10.8. The fourth-order valence-corrected chi connectivity index (χ4v) is 3.25. The summed E-state index contributed by atoms with van der Waals surface area (Å²) in [6.07, 6.45) is 6.64. The fraction of sp³-hybridized carbons (Fsp3) is 0. The van der Waals surface area contributed by atoms with E-state index in [9.17, 15) is 4.79 Å². The van der Waals surface area contributed by atoms with Gasteiger partial charge in [0, 0.05) is 11.1 Å². The monoisotopic (exact) mass is 315 g/mol. The summed E-state index contributed by atoms with van der Waals surface area (Å²) in [6, 6.07) is 5.45. The highest BCUT2D eigenvalue weighted by atomic mass is 32.1. The van der Waals surface area contributed by atoms with Crippen LogP contribution in [0.5, 0.6) is 0 Å². The first-order chi connectivity index (χ1) is 10.2. The highest BCUT2D eigenvalue weighted by Crippen LogP contribution is 2.29. The molecule has 0 spiro atoms. The number of hydrogen-bond acceptors (Lipinski definition) is 6. The first kappa shape index (κ1) is 13.6. The van der Waals surface area contributed by atoms with Crippen molar-refractivity contribution in [3.05, 3.63) is 52.4 Å². The molecule has 0 saturated carbocycles. The summed E-state index contributed by atoms with van der Waals surface area (Å²) >= 11 is 3.22. The lowest BCUT2D eigenvalue weighted by atomic mass is 10.3. The Morgan fingerprint density at radius 3 is 2.90 bits per heavy atom. The zero-order chi connectivity index (χ0) is 14.7. The molecule has 0 bridgehead atoms. The van der Waals surface area contributed by atoms with Gasteiger partial charge in [0.25, 0.3) is 0 Å². The van der Waals surface area contributed by atoms with Crippen molar-refractivity contribution >= 4 is 40.8 Å². The average molecular weight is 315 g/mol. The summed E-state index contributed by atoms with van der Waals surface area (Å²) in [4.78, 5) is 25.0. The largest absolute Gasteiger partial charge is 0.477 e. The number of rotatable bonds is 4. The molecule has 3 aromatic heterocycles. The molecule has 0 aromatic carbocycles. The normalized spacial score (nSPS) is 11.0. The van der Waals surface area contributed by atoms with E-state index < -0.39 is 5.97 Å². The van der Waals surface area contributed by atoms with Crippen molar-refractivity contribution in [3.63, 3.8) is 0 Å². The number of thiazole rings is 1. The molecule has 0 unspecified atom stereocenters. The van der Waals surface area contributed by atoms with Crippen molar-refractivity contribution in [1.82, 2.24) is 15.0 Å². The number of thiophene rings is 1. The van der Waals surface area contributed by atoms with Crippen molar-refractivity contribution in [2.75, 3.05) is 0 Å². The van der Waals surface area contributed by atoms with Crippen LogP contribution < -0.4 is 0 Å². The summed E-state index contributed by atoms with van der Waals surface area (Å²) < 4.78 is 0. The van der Waals surface area contributed by atoms with Crippen LogP contribution in [-0.4, -0.2) is 26.0 Å². The minimum atomic E-state index is -1.06. The Morgan fingerprint density at radius 1 is 1.24 bits per heavy atom. The predicted molar refractivity (Wildman–Crippen MR) is 83.3 cm³/mol. The van der Waals surface area contributed by atoms with Crippen molar-refractivity contribution in [2.45, 2.75) is 0 Å². The van der Waals surface area contributed by atoms with Crippen LogP contribution in [0.2, 0.25) is 0 Å². The Hall–Kier alpha value is -2.38. The van der Waals surface area contributed by atoms with Gasteiger partial charge in [0.1, 0.15) is 11.3 Å². The van der Waals surface area contributed by atoms with E-state index in [1.807, 2.05) is 23.6 Å². The zero-order valence-corrected chi connectivity index (χ0v) is 12.3. The highest BCUT2D eigenvalue weighted by molar-refractivity contribution is 7.21. The van der Waals surface area contributed by atoms with Crippen molar-refractivity contribution in [1.29, 1.82) is 0 Å². The third-order valence-electron chi connectivity index (χ3n) is 2.58. The van der Waals surface area contributed by atoms with Gasteiger partial charge < -0.3 is 5.11 Å². The lowest BCUT2D eigenvalue weighted by Crippen LogP contribution is -2.00. The molecule has 21 heavy (non-hydrogen) atoms. The van der Waals surface area contributed by atoms with Gasteiger partial charge in [0.15, 0.2) is 5.69 Å². The molecule has 5 nitrogen and oxygen atoms in total. The summed E-state index contributed by atoms with van der Waals surface area (Å²) in [6.45, 7) is 0. The minimum Gasteiger partial charge on any atom is -0.477 e. The standard InChI is InChI=1S/C14H9N3O2S2/c18-14(19)11-6-9(16-8-17-11)3-4-10-7-15-13(21-10)12-2-1-5-20-12/h1-8H,(H,18,19)/b4-3+. The lowest BCUT2D eigenvalue weighted by molar-refractivity contribution is 0.0690. The quantitative estimate of drug-likeness (QED) is 0.797. The number of carboxylic acid groups (broad SMARTS) is 1. The molecule has 3 heterocycles. The number of nitrogens with zero attached hydrogens (tertiary/aromatic N) is 3. The van der Waals surface area contributed by atoms with E-state index in [2.05, 4.69) is 15.0 Å². The first-order valence-electron chi connectivity index (χ1n) is 5.95. The molecule has 3 aromatic rings. The predicted octanol–water partition coefficient (Wildman–Crippen LogP) is 3.53. The summed E-state index contributed by atoms with van der Waals surface area (Å²) in [5, 5.41) is 11.9. The topological polar surface area (TPSA) is 76.0 Å². The molecule has 0 aliphatic heterocycles. The van der Waals surface area contributed by atoms with Gasteiger partial charge in [0.2, 0.25) is 0 Å². The Kier molecular flexibility index (Phi) is 3.85. The molecule has 0 atom stereocenters. The molecule has 1 N–H and O–H groups in total. The van der Waals surface area contributed by atoms with Crippen LogP contribution in [0.1, 0.15) is 21.1 Å². The molecule has 0 amide bonds. The molecular formula is C14H9N3O2S2. The van der Waals surface area contributed by atoms with Crippen LogP contribution in [0.4, 0.5) is 0 Å². The van der Waals surface area contributed by atoms with E-state index in [1.54, 1.807) is 34.9 Å². The SMILES string of the molecule is O=C(O)c1cc(/C=C/c2cnc(-c3cccs3)s2)ncn1. The van der Waals surface area contributed by atoms with E-state index in [4.69, 9.17) is 5.11 Å². The molecule has 7 heteroatoms. The van der Waals surface area contributed by atoms with Crippen molar-refractivity contribution < 1.29 is 9.90 Å². The zero-order valence-electron chi connectivity index (χ0n) is 10.6. The van der Waals surface area contributed by atoms with Gasteiger partial charge in [-0.1, -0.05) is 6.07 Å². The third-order valence-corrected chi connectivity index (χ3v) is 4.58. The van der Waals surface area contributed by atoms with Gasteiger partial charge in [-0.2, -0.15) is 0 Å². The second-order valence-electron chi connectivity index (χ2n) is 4.01. The van der Waals surface area contributed by atoms with Gasteiger partial charge in [0.05, 0.1) is 10.6 Å². The summed E-state index contributed by atoms with van der Waals surface area (Å²) in [7, 11) is 0. The third kappa shape index (κ3) is 3.21. The smallest absolute Gasteiger partial charge is 0.354 e. The molecule has 3 rings (SSSR count). The van der Waals surface area contributed by atoms with E-state index in [0.717, 1.165) is 14.8 Å². The molecule has 0 fully saturated rings. The number of carbonyl (C=O) groups is 1. The highest BCUT2D eigenvalue weighted by Gasteiger charge is 2.05. The fourth-order valence-electron chi connectivity index (χ4n) is 1.63. The number of aromatic nitrogens is 3. The molecule has 0 aliphatic carbocycles. The van der Waals surface area contributed by atoms with Crippen LogP contribution in [-0.2, 0) is 0 Å². The van der Waals surface area contributed by atoms with Gasteiger partial charge in [-0.3, -0.25) is 0 Å². The van der Waals surface area contributed by atoms with Gasteiger partial charge in [-0.15, -0.1) is 22.7 Å². The Morgan fingerprint density at radius 2 is 2.14 bits per heavy atom. The minimum absolute atomic E-state index is 0.0202. The molecule has 0 aliphatic rings. The van der Waals surface area contributed by atoms with E-state index in [1.165, 1.54) is 12.4 Å². The molecule has 104 valence electrons. The Balaban J connectivity index is 1.80. The summed E-state index contributed by atoms with van der Waals surface area (Å²) in [5.74, 6) is -1.06. The van der Waals surface area contributed by atoms with E-state index in [-0.39, 0.29) is 5.69 Å². The lowest BCUT2D eigenvalue weighted by Gasteiger charge is -1.94. The number of hydrogen-bond donors (Lipinski definition) is 1. The van der Waals surface area contributed by atoms with Crippen LogP contribution >= 0.6 is 22.7 Å². The van der Waals surface area contributed by atoms with E-state index >= 15 is 0 Å². The van der Waals surface area contributed by atoms with Crippen LogP contribution in [0.3, 0.4) is 0 Å². The summed E-state index contributed by atoms with van der Waals surface area (Å²) in [5.41, 5.74) is 0.529. The van der Waals surface area contributed by atoms with Crippen LogP contribution in [0.15, 0.2) is 36.1 Å². The molecule has 0 radical (unpaired) electrons. The second kappa shape index (κ2) is 5.94. The van der Waals surface area contributed by atoms with Gasteiger partial charge in [-0.05, 0) is 29.7 Å². The molecule has 0 saturated heterocycles. The molecular weight excluding hydrogens is 306 g/mol. The van der Waals surface area contributed by atoms with Crippen LogP contribution in [0.25, 0.3) is 22.0 Å². The van der Waals surface area contributed by atoms with Gasteiger partial charge >= 0.3 is 5.97 Å². The second-order valence-corrected chi connectivity index (χ2v) is 6.02. The maximum absolute atomic E-state index is 10.8. The van der Waals surface area contributed by atoms with Crippen molar-refractivity contribution in [2.24, 2.45) is 0 Å². The maximum Gasteiger partial charge on any atom is 0.354 e. The Bertz CT molecular complexity index is 794. The van der Waals surface area contributed by atoms with Gasteiger partial charge in [-0.25, -0.2) is 19.7 Å².